The van der Waals surface area contributed by atoms with Gasteiger partial charge in [0.05, 0.1) is 12.7 Å². The molecule has 0 spiro atoms. The minimum atomic E-state index is -0.534. The molecule has 0 heterocycles. The Morgan fingerprint density at radius 1 is 1.31 bits per heavy atom. The predicted molar refractivity (Wildman–Crippen MR) is 49.1 cm³/mol. The average molecular weight is 183 g/mol. The number of nitrogens with zero attached hydrogens (tertiary/aromatic N) is 1. The zero-order valence-electron chi connectivity index (χ0n) is 7.96. The van der Waals surface area contributed by atoms with Crippen molar-refractivity contribution in [1.29, 1.82) is 5.26 Å². The minimum absolute atomic E-state index is 0.140. The van der Waals surface area contributed by atoms with Crippen LogP contribution in [-0.2, 0) is 4.74 Å². The molecule has 1 fully saturated rings. The van der Waals surface area contributed by atoms with Crippen LogP contribution in [-0.4, -0.2) is 23.9 Å². The van der Waals surface area contributed by atoms with Crippen molar-refractivity contribution in [1.82, 2.24) is 0 Å². The summed E-state index contributed by atoms with van der Waals surface area (Å²) in [5.74, 6) is 0. The Hall–Kier alpha value is -0.590. The molecule has 1 N–H and O–H groups in total. The second kappa shape index (κ2) is 5.21. The Bertz CT molecular complexity index is 180. The second-order valence-corrected chi connectivity index (χ2v) is 3.59. The fraction of sp³-hybridized carbons (Fsp3) is 0.900. The van der Waals surface area contributed by atoms with Crippen LogP contribution in [0.5, 0.6) is 0 Å². The van der Waals surface area contributed by atoms with Crippen molar-refractivity contribution in [2.24, 2.45) is 0 Å². The molecule has 74 valence electrons. The van der Waals surface area contributed by atoms with Crippen LogP contribution in [0.4, 0.5) is 0 Å². The standard InChI is InChI=1S/C10H17NO2/c11-9-10(13-8-4-7-12)5-2-1-3-6-10/h12H,1-8H2. The molecule has 0 aromatic heterocycles. The van der Waals surface area contributed by atoms with Crippen LogP contribution in [0, 0.1) is 11.3 Å². The molecular formula is C10H17NO2. The van der Waals surface area contributed by atoms with Crippen LogP contribution in [0.3, 0.4) is 0 Å². The summed E-state index contributed by atoms with van der Waals surface area (Å²) in [4.78, 5) is 0. The molecule has 3 nitrogen and oxygen atoms in total. The highest BCUT2D eigenvalue weighted by Crippen LogP contribution is 2.30. The van der Waals surface area contributed by atoms with Gasteiger partial charge < -0.3 is 9.84 Å². The van der Waals surface area contributed by atoms with Crippen LogP contribution in [0.2, 0.25) is 0 Å². The molecule has 1 aliphatic rings. The fourth-order valence-electron chi connectivity index (χ4n) is 1.74. The van der Waals surface area contributed by atoms with Gasteiger partial charge in [0.1, 0.15) is 0 Å². The van der Waals surface area contributed by atoms with E-state index in [4.69, 9.17) is 15.1 Å². The summed E-state index contributed by atoms with van der Waals surface area (Å²) >= 11 is 0. The van der Waals surface area contributed by atoms with Crippen molar-refractivity contribution in [2.45, 2.75) is 44.1 Å². The van der Waals surface area contributed by atoms with Crippen LogP contribution in [0.1, 0.15) is 38.5 Å². The van der Waals surface area contributed by atoms with Gasteiger partial charge in [0.25, 0.3) is 0 Å². The molecule has 1 rings (SSSR count). The van der Waals surface area contributed by atoms with E-state index in [1.54, 1.807) is 0 Å². The van der Waals surface area contributed by atoms with Crippen molar-refractivity contribution in [2.75, 3.05) is 13.2 Å². The summed E-state index contributed by atoms with van der Waals surface area (Å²) in [5.41, 5.74) is -0.534. The second-order valence-electron chi connectivity index (χ2n) is 3.59. The van der Waals surface area contributed by atoms with Crippen LogP contribution in [0.15, 0.2) is 0 Å². The van der Waals surface area contributed by atoms with E-state index in [0.29, 0.717) is 13.0 Å². The molecule has 0 bridgehead atoms. The molecule has 0 amide bonds. The summed E-state index contributed by atoms with van der Waals surface area (Å²) in [6.45, 7) is 0.644. The molecule has 0 aromatic rings. The first-order chi connectivity index (χ1) is 6.33. The van der Waals surface area contributed by atoms with Gasteiger partial charge in [-0.1, -0.05) is 6.42 Å². The van der Waals surface area contributed by atoms with Crippen LogP contribution >= 0.6 is 0 Å². The lowest BCUT2D eigenvalue weighted by atomic mass is 9.86. The van der Waals surface area contributed by atoms with E-state index >= 15 is 0 Å². The van der Waals surface area contributed by atoms with E-state index in [1.807, 2.05) is 0 Å². The highest BCUT2D eigenvalue weighted by molar-refractivity contribution is 5.03. The quantitative estimate of drug-likeness (QED) is 0.674. The highest BCUT2D eigenvalue weighted by Gasteiger charge is 2.32. The normalized spacial score (nSPS) is 20.9. The van der Waals surface area contributed by atoms with Gasteiger partial charge in [0.2, 0.25) is 0 Å². The third kappa shape index (κ3) is 2.98. The van der Waals surface area contributed by atoms with E-state index in [9.17, 15) is 0 Å². The summed E-state index contributed by atoms with van der Waals surface area (Å²) < 4.78 is 5.54. The van der Waals surface area contributed by atoms with E-state index < -0.39 is 5.60 Å². The topological polar surface area (TPSA) is 53.2 Å². The molecule has 0 saturated heterocycles. The molecule has 0 aliphatic heterocycles. The van der Waals surface area contributed by atoms with Gasteiger partial charge in [-0.15, -0.1) is 0 Å². The lowest BCUT2D eigenvalue weighted by Crippen LogP contribution is -2.33. The number of rotatable bonds is 4. The Morgan fingerprint density at radius 3 is 2.54 bits per heavy atom. The van der Waals surface area contributed by atoms with Crippen molar-refractivity contribution in [3.05, 3.63) is 0 Å². The molecular weight excluding hydrogens is 166 g/mol. The molecule has 0 unspecified atom stereocenters. The Labute approximate surface area is 79.3 Å². The van der Waals surface area contributed by atoms with Crippen molar-refractivity contribution in [3.8, 4) is 6.07 Å². The first-order valence-electron chi connectivity index (χ1n) is 4.99. The smallest absolute Gasteiger partial charge is 0.154 e. The molecule has 3 heteroatoms. The largest absolute Gasteiger partial charge is 0.396 e. The molecule has 0 radical (unpaired) electrons. The molecule has 1 saturated carbocycles. The minimum Gasteiger partial charge on any atom is -0.396 e. The Morgan fingerprint density at radius 2 is 2.00 bits per heavy atom. The fourth-order valence-corrected chi connectivity index (χ4v) is 1.74. The van der Waals surface area contributed by atoms with E-state index in [2.05, 4.69) is 6.07 Å². The molecule has 0 atom stereocenters. The molecule has 13 heavy (non-hydrogen) atoms. The van der Waals surface area contributed by atoms with Gasteiger partial charge in [-0.05, 0) is 32.1 Å². The summed E-state index contributed by atoms with van der Waals surface area (Å²) in [7, 11) is 0. The maximum Gasteiger partial charge on any atom is 0.154 e. The van der Waals surface area contributed by atoms with Crippen LogP contribution in [0.25, 0.3) is 0 Å². The highest BCUT2D eigenvalue weighted by atomic mass is 16.5. The van der Waals surface area contributed by atoms with Gasteiger partial charge in [0.15, 0.2) is 5.60 Å². The summed E-state index contributed by atoms with van der Waals surface area (Å²) in [5, 5.41) is 17.6. The number of ether oxygens (including phenoxy) is 1. The van der Waals surface area contributed by atoms with Crippen LogP contribution < -0.4 is 0 Å². The van der Waals surface area contributed by atoms with E-state index in [1.165, 1.54) is 6.42 Å². The summed E-state index contributed by atoms with van der Waals surface area (Å²) in [6, 6.07) is 2.27. The number of nitriles is 1. The molecule has 0 aromatic carbocycles. The number of hydrogen-bond acceptors (Lipinski definition) is 3. The van der Waals surface area contributed by atoms with Crippen molar-refractivity contribution >= 4 is 0 Å². The third-order valence-electron chi connectivity index (χ3n) is 2.55. The Balaban J connectivity index is 2.35. The predicted octanol–water partition coefficient (Wildman–Crippen LogP) is 1.61. The zero-order valence-corrected chi connectivity index (χ0v) is 7.96. The van der Waals surface area contributed by atoms with Gasteiger partial charge in [-0.3, -0.25) is 0 Å². The van der Waals surface area contributed by atoms with Gasteiger partial charge in [-0.25, -0.2) is 0 Å². The third-order valence-corrected chi connectivity index (χ3v) is 2.55. The lowest BCUT2D eigenvalue weighted by Gasteiger charge is -2.30. The van der Waals surface area contributed by atoms with Gasteiger partial charge in [-0.2, -0.15) is 5.26 Å². The molecule has 1 aliphatic carbocycles. The van der Waals surface area contributed by atoms with Crippen molar-refractivity contribution in [3.63, 3.8) is 0 Å². The number of aliphatic hydroxyl groups excluding tert-OH is 1. The average Bonchev–Trinajstić information content (AvgIpc) is 2.20. The van der Waals surface area contributed by atoms with Gasteiger partial charge in [0, 0.05) is 6.61 Å². The monoisotopic (exact) mass is 183 g/mol. The van der Waals surface area contributed by atoms with Gasteiger partial charge >= 0.3 is 0 Å². The maximum atomic E-state index is 9.00. The van der Waals surface area contributed by atoms with Crippen molar-refractivity contribution < 1.29 is 9.84 Å². The summed E-state index contributed by atoms with van der Waals surface area (Å²) in [6.07, 6.45) is 5.74. The number of aliphatic hydroxyl groups is 1. The lowest BCUT2D eigenvalue weighted by molar-refractivity contribution is -0.0320. The number of hydrogen-bond donors (Lipinski definition) is 1. The zero-order chi connectivity index (χ0) is 9.57. The Kier molecular flexibility index (Phi) is 4.20. The van der Waals surface area contributed by atoms with E-state index in [-0.39, 0.29) is 6.61 Å². The maximum absolute atomic E-state index is 9.00. The first kappa shape index (κ1) is 10.5. The van der Waals surface area contributed by atoms with E-state index in [0.717, 1.165) is 25.7 Å². The SMILES string of the molecule is N#CC1(OCCCO)CCCCC1. The first-order valence-corrected chi connectivity index (χ1v) is 4.99.